The number of benzene rings is 2. The van der Waals surface area contributed by atoms with Gasteiger partial charge in [0.05, 0.1) is 12.1 Å². The Labute approximate surface area is 119 Å². The molecule has 0 aliphatic heterocycles. The van der Waals surface area contributed by atoms with E-state index in [-0.39, 0.29) is 6.04 Å². The molecule has 0 amide bonds. The molecule has 0 heterocycles. The molecule has 3 heteroatoms. The Hall–Kier alpha value is -2.10. The molecule has 2 unspecified atom stereocenters. The van der Waals surface area contributed by atoms with Gasteiger partial charge >= 0.3 is 0 Å². The minimum Gasteiger partial charge on any atom is -0.405 e. The molecular formula is C17H20N2O. The number of hydrogen-bond acceptors (Lipinski definition) is 3. The summed E-state index contributed by atoms with van der Waals surface area (Å²) >= 11 is 0. The van der Waals surface area contributed by atoms with Crippen LogP contribution in [-0.4, -0.2) is 11.7 Å². The third-order valence-electron chi connectivity index (χ3n) is 3.21. The molecule has 4 N–H and O–H groups in total. The summed E-state index contributed by atoms with van der Waals surface area (Å²) in [4.78, 5) is 0. The second-order valence-electron chi connectivity index (χ2n) is 4.58. The lowest BCUT2D eigenvalue weighted by atomic mass is 9.96. The SMILES string of the molecule is NC=CCNC(c1ccccc1)C(O)c1ccccc1. The highest BCUT2D eigenvalue weighted by Crippen LogP contribution is 2.28. The summed E-state index contributed by atoms with van der Waals surface area (Å²) in [5, 5.41) is 13.9. The third kappa shape index (κ3) is 3.70. The van der Waals surface area contributed by atoms with Crippen molar-refractivity contribution < 1.29 is 5.11 Å². The number of nitrogens with one attached hydrogen (secondary N) is 1. The van der Waals surface area contributed by atoms with E-state index in [4.69, 9.17) is 5.73 Å². The van der Waals surface area contributed by atoms with Crippen LogP contribution in [0.4, 0.5) is 0 Å². The summed E-state index contributed by atoms with van der Waals surface area (Å²) in [6, 6.07) is 19.4. The lowest BCUT2D eigenvalue weighted by Gasteiger charge is -2.24. The quantitative estimate of drug-likeness (QED) is 0.754. The molecule has 0 saturated carbocycles. The summed E-state index contributed by atoms with van der Waals surface area (Å²) in [5.41, 5.74) is 7.30. The first kappa shape index (κ1) is 14.3. The topological polar surface area (TPSA) is 58.3 Å². The summed E-state index contributed by atoms with van der Waals surface area (Å²) in [6.07, 6.45) is 2.72. The molecule has 2 rings (SSSR count). The Balaban J connectivity index is 2.22. The zero-order chi connectivity index (χ0) is 14.2. The van der Waals surface area contributed by atoms with Crippen LogP contribution in [0.1, 0.15) is 23.3 Å². The van der Waals surface area contributed by atoms with E-state index in [0.29, 0.717) is 6.54 Å². The number of nitrogens with two attached hydrogens (primary N) is 1. The Morgan fingerprint density at radius 3 is 2.05 bits per heavy atom. The predicted molar refractivity (Wildman–Crippen MR) is 81.9 cm³/mol. The fourth-order valence-electron chi connectivity index (χ4n) is 2.18. The van der Waals surface area contributed by atoms with E-state index in [1.54, 1.807) is 0 Å². The van der Waals surface area contributed by atoms with Gasteiger partial charge in [-0.15, -0.1) is 0 Å². The fourth-order valence-corrected chi connectivity index (χ4v) is 2.18. The van der Waals surface area contributed by atoms with Crippen molar-refractivity contribution in [2.24, 2.45) is 5.73 Å². The third-order valence-corrected chi connectivity index (χ3v) is 3.21. The number of hydrogen-bond donors (Lipinski definition) is 3. The molecule has 2 atom stereocenters. The van der Waals surface area contributed by atoms with E-state index in [9.17, 15) is 5.11 Å². The van der Waals surface area contributed by atoms with E-state index >= 15 is 0 Å². The molecule has 0 aromatic heterocycles. The van der Waals surface area contributed by atoms with Crippen molar-refractivity contribution in [2.45, 2.75) is 12.1 Å². The van der Waals surface area contributed by atoms with E-state index in [1.165, 1.54) is 6.20 Å². The number of rotatable bonds is 6. The van der Waals surface area contributed by atoms with Crippen LogP contribution in [0.5, 0.6) is 0 Å². The normalized spacial score (nSPS) is 14.2. The van der Waals surface area contributed by atoms with Crippen molar-refractivity contribution in [3.8, 4) is 0 Å². The first-order chi connectivity index (χ1) is 9.83. The van der Waals surface area contributed by atoms with Gasteiger partial charge in [0, 0.05) is 6.54 Å². The zero-order valence-corrected chi connectivity index (χ0v) is 11.3. The summed E-state index contributed by atoms with van der Waals surface area (Å²) in [7, 11) is 0. The molecule has 0 fully saturated rings. The fraction of sp³-hybridized carbons (Fsp3) is 0.176. The summed E-state index contributed by atoms with van der Waals surface area (Å²) < 4.78 is 0. The Bertz CT molecular complexity index is 525. The van der Waals surface area contributed by atoms with Crippen LogP contribution in [0, 0.1) is 0 Å². The van der Waals surface area contributed by atoms with Crippen molar-refractivity contribution in [1.82, 2.24) is 5.32 Å². The maximum atomic E-state index is 10.6. The summed E-state index contributed by atoms with van der Waals surface area (Å²) in [5.74, 6) is 0. The Morgan fingerprint density at radius 2 is 1.50 bits per heavy atom. The van der Waals surface area contributed by atoms with E-state index in [1.807, 2.05) is 66.7 Å². The molecule has 0 aliphatic carbocycles. The van der Waals surface area contributed by atoms with Gasteiger partial charge in [-0.1, -0.05) is 66.7 Å². The zero-order valence-electron chi connectivity index (χ0n) is 11.3. The molecule has 2 aromatic rings. The first-order valence-corrected chi connectivity index (χ1v) is 6.71. The van der Waals surface area contributed by atoms with E-state index in [2.05, 4.69) is 5.32 Å². The second-order valence-corrected chi connectivity index (χ2v) is 4.58. The molecule has 0 bridgehead atoms. The van der Waals surface area contributed by atoms with E-state index in [0.717, 1.165) is 11.1 Å². The average molecular weight is 268 g/mol. The van der Waals surface area contributed by atoms with Crippen molar-refractivity contribution in [1.29, 1.82) is 0 Å². The van der Waals surface area contributed by atoms with Crippen LogP contribution in [0.15, 0.2) is 72.9 Å². The van der Waals surface area contributed by atoms with Crippen molar-refractivity contribution in [3.05, 3.63) is 84.1 Å². The maximum absolute atomic E-state index is 10.6. The average Bonchev–Trinajstić information content (AvgIpc) is 2.53. The van der Waals surface area contributed by atoms with Crippen LogP contribution in [0.3, 0.4) is 0 Å². The molecule has 104 valence electrons. The van der Waals surface area contributed by atoms with Crippen LogP contribution < -0.4 is 11.1 Å². The number of aliphatic hydroxyl groups is 1. The van der Waals surface area contributed by atoms with Crippen molar-refractivity contribution in [3.63, 3.8) is 0 Å². The number of aliphatic hydroxyl groups excluding tert-OH is 1. The van der Waals surface area contributed by atoms with Gasteiger partial charge in [0.25, 0.3) is 0 Å². The van der Waals surface area contributed by atoms with Crippen molar-refractivity contribution >= 4 is 0 Å². The minimum absolute atomic E-state index is 0.171. The van der Waals surface area contributed by atoms with Crippen LogP contribution in [-0.2, 0) is 0 Å². The highest BCUT2D eigenvalue weighted by molar-refractivity contribution is 5.26. The van der Waals surface area contributed by atoms with Gasteiger partial charge in [-0.2, -0.15) is 0 Å². The largest absolute Gasteiger partial charge is 0.405 e. The lowest BCUT2D eigenvalue weighted by molar-refractivity contribution is 0.130. The van der Waals surface area contributed by atoms with Crippen LogP contribution in [0.25, 0.3) is 0 Å². The highest BCUT2D eigenvalue weighted by Gasteiger charge is 2.21. The molecule has 2 aromatic carbocycles. The lowest BCUT2D eigenvalue weighted by Crippen LogP contribution is -2.27. The van der Waals surface area contributed by atoms with Gasteiger partial charge in [0.15, 0.2) is 0 Å². The van der Waals surface area contributed by atoms with Gasteiger partial charge < -0.3 is 16.2 Å². The first-order valence-electron chi connectivity index (χ1n) is 6.71. The molecule has 0 aliphatic rings. The van der Waals surface area contributed by atoms with Gasteiger partial charge in [-0.3, -0.25) is 0 Å². The predicted octanol–water partition coefficient (Wildman–Crippen LogP) is 2.52. The molecule has 0 spiro atoms. The standard InChI is InChI=1S/C17H20N2O/c18-12-7-13-19-16(14-8-3-1-4-9-14)17(20)15-10-5-2-6-11-15/h1-12,16-17,19-20H,13,18H2. The Kier molecular flexibility index (Phi) is 5.35. The second kappa shape index (κ2) is 7.48. The molecular weight excluding hydrogens is 248 g/mol. The van der Waals surface area contributed by atoms with Crippen LogP contribution >= 0.6 is 0 Å². The minimum atomic E-state index is -0.607. The van der Waals surface area contributed by atoms with Crippen LogP contribution in [0.2, 0.25) is 0 Å². The van der Waals surface area contributed by atoms with E-state index < -0.39 is 6.10 Å². The van der Waals surface area contributed by atoms with Gasteiger partial charge in [0.2, 0.25) is 0 Å². The summed E-state index contributed by atoms with van der Waals surface area (Å²) in [6.45, 7) is 0.611. The molecule has 0 radical (unpaired) electrons. The van der Waals surface area contributed by atoms with Crippen molar-refractivity contribution in [2.75, 3.05) is 6.54 Å². The Morgan fingerprint density at radius 1 is 0.950 bits per heavy atom. The molecule has 3 nitrogen and oxygen atoms in total. The molecule has 0 saturated heterocycles. The monoisotopic (exact) mass is 268 g/mol. The molecule has 20 heavy (non-hydrogen) atoms. The highest BCUT2D eigenvalue weighted by atomic mass is 16.3. The smallest absolute Gasteiger partial charge is 0.0984 e. The van der Waals surface area contributed by atoms with Gasteiger partial charge in [-0.25, -0.2) is 0 Å². The maximum Gasteiger partial charge on any atom is 0.0984 e. The van der Waals surface area contributed by atoms with Gasteiger partial charge in [0.1, 0.15) is 0 Å². The van der Waals surface area contributed by atoms with Gasteiger partial charge in [-0.05, 0) is 17.3 Å².